The predicted molar refractivity (Wildman–Crippen MR) is 181 cm³/mol. The lowest BCUT2D eigenvalue weighted by molar-refractivity contribution is 0.415. The molecule has 2 nitrogen and oxygen atoms in total. The van der Waals surface area contributed by atoms with Crippen molar-refractivity contribution in [2.45, 2.75) is 9.79 Å². The largest absolute Gasteiger partial charge is 0.497 e. The Bertz CT molecular complexity index is 2030. The molecule has 7 rings (SSSR count). The van der Waals surface area contributed by atoms with Gasteiger partial charge in [0.1, 0.15) is 11.5 Å². The van der Waals surface area contributed by atoms with E-state index in [-0.39, 0.29) is 0 Å². The van der Waals surface area contributed by atoms with Crippen molar-refractivity contribution < 1.29 is 9.47 Å². The van der Waals surface area contributed by atoms with Crippen LogP contribution in [0.5, 0.6) is 11.5 Å². The molecular weight excluding hydrogens is 545 g/mol. The third kappa shape index (κ3) is 5.13. The maximum Gasteiger partial charge on any atom is 0.118 e. The number of hydrogen-bond donors (Lipinski definition) is 0. The van der Waals surface area contributed by atoms with Crippen molar-refractivity contribution >= 4 is 33.3 Å². The average molecular weight is 575 g/mol. The van der Waals surface area contributed by atoms with E-state index in [2.05, 4.69) is 121 Å². The molecule has 0 aliphatic heterocycles. The van der Waals surface area contributed by atoms with Gasteiger partial charge >= 0.3 is 0 Å². The summed E-state index contributed by atoms with van der Waals surface area (Å²) in [6.07, 6.45) is 0. The van der Waals surface area contributed by atoms with Gasteiger partial charge in [0.25, 0.3) is 0 Å². The van der Waals surface area contributed by atoms with E-state index in [0.717, 1.165) is 22.6 Å². The first kappa shape index (κ1) is 26.9. The minimum absolute atomic E-state index is 0.846. The van der Waals surface area contributed by atoms with E-state index < -0.39 is 0 Å². The zero-order valence-electron chi connectivity index (χ0n) is 24.1. The first-order valence-electron chi connectivity index (χ1n) is 14.3. The molecule has 43 heavy (non-hydrogen) atoms. The van der Waals surface area contributed by atoms with Crippen LogP contribution in [0.25, 0.3) is 54.9 Å². The van der Waals surface area contributed by atoms with Crippen LogP contribution >= 0.6 is 11.8 Å². The molecule has 208 valence electrons. The van der Waals surface area contributed by atoms with E-state index in [1.807, 2.05) is 24.3 Å². The van der Waals surface area contributed by atoms with Crippen LogP contribution in [-0.2, 0) is 0 Å². The number of rotatable bonds is 7. The zero-order valence-corrected chi connectivity index (χ0v) is 24.9. The van der Waals surface area contributed by atoms with Crippen molar-refractivity contribution in [1.82, 2.24) is 0 Å². The fraction of sp³-hybridized carbons (Fsp3) is 0.0500. The van der Waals surface area contributed by atoms with Crippen LogP contribution in [0.3, 0.4) is 0 Å². The Morgan fingerprint density at radius 1 is 0.395 bits per heavy atom. The van der Waals surface area contributed by atoms with Crippen LogP contribution in [0.4, 0.5) is 0 Å². The molecule has 0 aromatic heterocycles. The Kier molecular flexibility index (Phi) is 7.32. The maximum atomic E-state index is 5.51. The molecule has 0 spiro atoms. The molecule has 0 fully saturated rings. The van der Waals surface area contributed by atoms with Crippen molar-refractivity contribution in [3.8, 4) is 44.9 Å². The topological polar surface area (TPSA) is 18.5 Å². The molecule has 0 aliphatic rings. The van der Waals surface area contributed by atoms with Gasteiger partial charge in [-0.3, -0.25) is 0 Å². The Balaban J connectivity index is 1.50. The molecule has 7 aromatic rings. The fourth-order valence-electron chi connectivity index (χ4n) is 5.92. The van der Waals surface area contributed by atoms with Gasteiger partial charge in [0, 0.05) is 9.79 Å². The fourth-order valence-corrected chi connectivity index (χ4v) is 6.76. The van der Waals surface area contributed by atoms with Crippen molar-refractivity contribution in [2.24, 2.45) is 0 Å². The van der Waals surface area contributed by atoms with Gasteiger partial charge in [0.2, 0.25) is 0 Å². The maximum absolute atomic E-state index is 5.51. The molecule has 0 aliphatic carbocycles. The summed E-state index contributed by atoms with van der Waals surface area (Å²) in [5.74, 6) is 1.69. The molecule has 0 radical (unpaired) electrons. The highest BCUT2D eigenvalue weighted by Crippen LogP contribution is 2.47. The predicted octanol–water partition coefficient (Wildman–Crippen LogP) is 11.2. The summed E-state index contributed by atoms with van der Waals surface area (Å²) >= 11 is 1.78. The van der Waals surface area contributed by atoms with Crippen molar-refractivity contribution in [1.29, 1.82) is 0 Å². The standard InChI is InChI=1S/C40H30O2S/c1-41-30-21-15-28(16-22-30)38-35-11-6-7-12-36(35)39(29-17-23-31(42-2)24-18-29)40-34(13-8-14-37(38)40)27-19-25-33(26-20-27)43-32-9-4-3-5-10-32/h3-26H,1-2H3. The van der Waals surface area contributed by atoms with E-state index in [1.165, 1.54) is 53.6 Å². The molecular formula is C40H30O2S. The number of fused-ring (bicyclic) bond motifs is 2. The summed E-state index contributed by atoms with van der Waals surface area (Å²) in [6, 6.07) is 51.8. The third-order valence-electron chi connectivity index (χ3n) is 7.95. The monoisotopic (exact) mass is 574 g/mol. The number of ether oxygens (including phenoxy) is 2. The second-order valence-corrected chi connectivity index (χ2v) is 11.6. The van der Waals surface area contributed by atoms with Gasteiger partial charge in [0.05, 0.1) is 14.2 Å². The smallest absolute Gasteiger partial charge is 0.118 e. The number of benzene rings is 7. The minimum Gasteiger partial charge on any atom is -0.497 e. The van der Waals surface area contributed by atoms with Crippen molar-refractivity contribution in [3.63, 3.8) is 0 Å². The van der Waals surface area contributed by atoms with Crippen LogP contribution in [-0.4, -0.2) is 14.2 Å². The van der Waals surface area contributed by atoms with Gasteiger partial charge in [-0.1, -0.05) is 109 Å². The Labute approximate surface area is 256 Å². The summed E-state index contributed by atoms with van der Waals surface area (Å²) in [6.45, 7) is 0. The zero-order chi connectivity index (χ0) is 29.2. The average Bonchev–Trinajstić information content (AvgIpc) is 3.08. The van der Waals surface area contributed by atoms with Crippen LogP contribution < -0.4 is 9.47 Å². The van der Waals surface area contributed by atoms with Crippen molar-refractivity contribution in [3.05, 3.63) is 146 Å². The lowest BCUT2D eigenvalue weighted by Crippen LogP contribution is -1.93. The summed E-state index contributed by atoms with van der Waals surface area (Å²) < 4.78 is 11.0. The van der Waals surface area contributed by atoms with Gasteiger partial charge in [-0.15, -0.1) is 0 Å². The molecule has 0 heterocycles. The Morgan fingerprint density at radius 3 is 1.49 bits per heavy atom. The first-order valence-corrected chi connectivity index (χ1v) is 15.1. The SMILES string of the molecule is COc1ccc(-c2c3ccccc3c(-c3ccc(OC)cc3)c3c(-c4ccc(Sc5ccccc5)cc4)cccc23)cc1. The highest BCUT2D eigenvalue weighted by Gasteiger charge is 2.19. The number of hydrogen-bond acceptors (Lipinski definition) is 3. The quantitative estimate of drug-likeness (QED) is 0.176. The second kappa shape index (κ2) is 11.7. The molecule has 3 heteroatoms. The van der Waals surface area contributed by atoms with E-state index in [1.54, 1.807) is 26.0 Å². The van der Waals surface area contributed by atoms with Gasteiger partial charge in [0.15, 0.2) is 0 Å². The second-order valence-electron chi connectivity index (χ2n) is 10.4. The summed E-state index contributed by atoms with van der Waals surface area (Å²) in [4.78, 5) is 2.45. The van der Waals surface area contributed by atoms with Gasteiger partial charge in [-0.2, -0.15) is 0 Å². The lowest BCUT2D eigenvalue weighted by atomic mass is 9.83. The van der Waals surface area contributed by atoms with E-state index in [4.69, 9.17) is 9.47 Å². The first-order chi connectivity index (χ1) is 21.2. The number of methoxy groups -OCH3 is 2. The van der Waals surface area contributed by atoms with E-state index in [0.29, 0.717) is 0 Å². The van der Waals surface area contributed by atoms with Crippen molar-refractivity contribution in [2.75, 3.05) is 14.2 Å². The Hall–Kier alpha value is -4.99. The summed E-state index contributed by atoms with van der Waals surface area (Å²) in [7, 11) is 3.42. The molecule has 0 saturated heterocycles. The van der Waals surface area contributed by atoms with Crippen LogP contribution in [0, 0.1) is 0 Å². The Morgan fingerprint density at radius 2 is 0.884 bits per heavy atom. The van der Waals surface area contributed by atoms with Crippen LogP contribution in [0.2, 0.25) is 0 Å². The lowest BCUT2D eigenvalue weighted by Gasteiger charge is -2.20. The molecule has 0 saturated carbocycles. The van der Waals surface area contributed by atoms with E-state index >= 15 is 0 Å². The minimum atomic E-state index is 0.846. The highest BCUT2D eigenvalue weighted by atomic mass is 32.2. The van der Waals surface area contributed by atoms with Gasteiger partial charge < -0.3 is 9.47 Å². The molecule has 0 atom stereocenters. The molecule has 0 N–H and O–H groups in total. The third-order valence-corrected chi connectivity index (χ3v) is 8.97. The highest BCUT2D eigenvalue weighted by molar-refractivity contribution is 7.99. The molecule has 0 amide bonds. The van der Waals surface area contributed by atoms with Crippen LogP contribution in [0.15, 0.2) is 155 Å². The van der Waals surface area contributed by atoms with Gasteiger partial charge in [-0.05, 0) is 103 Å². The van der Waals surface area contributed by atoms with Gasteiger partial charge in [-0.25, -0.2) is 0 Å². The van der Waals surface area contributed by atoms with E-state index in [9.17, 15) is 0 Å². The molecule has 0 unspecified atom stereocenters. The normalized spacial score (nSPS) is 11.1. The molecule has 7 aromatic carbocycles. The summed E-state index contributed by atoms with van der Waals surface area (Å²) in [5, 5.41) is 4.89. The van der Waals surface area contributed by atoms with Crippen LogP contribution in [0.1, 0.15) is 0 Å². The summed E-state index contributed by atoms with van der Waals surface area (Å²) in [5.41, 5.74) is 7.17. The molecule has 0 bridgehead atoms.